The quantitative estimate of drug-likeness (QED) is 0.916. The van der Waals surface area contributed by atoms with Gasteiger partial charge in [0.15, 0.2) is 5.82 Å². The molecule has 3 rings (SSSR count). The van der Waals surface area contributed by atoms with E-state index in [1.165, 1.54) is 0 Å². The topological polar surface area (TPSA) is 63.2 Å². The molecular weight excluding hydrogens is 290 g/mol. The van der Waals surface area contributed by atoms with E-state index in [0.717, 1.165) is 37.6 Å². The van der Waals surface area contributed by atoms with Gasteiger partial charge in [0, 0.05) is 37.7 Å². The third-order valence-electron chi connectivity index (χ3n) is 3.82. The van der Waals surface area contributed by atoms with Crippen molar-refractivity contribution in [3.8, 4) is 5.88 Å². The van der Waals surface area contributed by atoms with E-state index < -0.39 is 0 Å². The highest BCUT2D eigenvalue weighted by Gasteiger charge is 2.21. The van der Waals surface area contributed by atoms with Crippen molar-refractivity contribution in [2.24, 2.45) is 0 Å². The van der Waals surface area contributed by atoms with Crippen LogP contribution < -0.4 is 15.0 Å². The largest absolute Gasteiger partial charge is 0.472 e. The Morgan fingerprint density at radius 2 is 1.87 bits per heavy atom. The molecule has 2 aromatic heterocycles. The van der Waals surface area contributed by atoms with Crippen LogP contribution in [0.3, 0.4) is 0 Å². The predicted octanol–water partition coefficient (Wildman–Crippen LogP) is 2.74. The Bertz CT molecular complexity index is 611. The molecular formula is C17H23N5O. The van der Waals surface area contributed by atoms with Crippen molar-refractivity contribution in [2.75, 3.05) is 23.3 Å². The van der Waals surface area contributed by atoms with E-state index in [2.05, 4.69) is 31.2 Å². The molecule has 0 unspecified atom stereocenters. The number of hydrogen-bond donors (Lipinski definition) is 1. The summed E-state index contributed by atoms with van der Waals surface area (Å²) in [5.41, 5.74) is 0. The van der Waals surface area contributed by atoms with Crippen LogP contribution in [0.1, 0.15) is 26.7 Å². The Labute approximate surface area is 136 Å². The Morgan fingerprint density at radius 3 is 2.57 bits per heavy atom. The van der Waals surface area contributed by atoms with Gasteiger partial charge in [-0.2, -0.15) is 0 Å². The van der Waals surface area contributed by atoms with Gasteiger partial charge < -0.3 is 15.0 Å². The lowest BCUT2D eigenvalue weighted by Crippen LogP contribution is -2.39. The fourth-order valence-electron chi connectivity index (χ4n) is 2.72. The third-order valence-corrected chi connectivity index (χ3v) is 3.82. The fourth-order valence-corrected chi connectivity index (χ4v) is 2.72. The first-order valence-corrected chi connectivity index (χ1v) is 8.12. The molecule has 0 radical (unpaired) electrons. The molecule has 1 aliphatic rings. The van der Waals surface area contributed by atoms with Gasteiger partial charge in [-0.05, 0) is 38.8 Å². The highest BCUT2D eigenvalue weighted by Crippen LogP contribution is 2.24. The first-order chi connectivity index (χ1) is 11.2. The maximum absolute atomic E-state index is 5.72. The van der Waals surface area contributed by atoms with E-state index in [-0.39, 0.29) is 6.10 Å². The van der Waals surface area contributed by atoms with Gasteiger partial charge in [-0.25, -0.2) is 15.0 Å². The average Bonchev–Trinajstić information content (AvgIpc) is 2.58. The van der Waals surface area contributed by atoms with Crippen LogP contribution in [0.4, 0.5) is 11.6 Å². The van der Waals surface area contributed by atoms with Crippen LogP contribution in [0.25, 0.3) is 0 Å². The zero-order valence-corrected chi connectivity index (χ0v) is 13.6. The maximum Gasteiger partial charge on any atom is 0.257 e. The Kier molecular flexibility index (Phi) is 4.90. The molecule has 122 valence electrons. The minimum atomic E-state index is 0.0817. The van der Waals surface area contributed by atoms with Crippen LogP contribution in [0.2, 0.25) is 0 Å². The molecule has 3 heterocycles. The van der Waals surface area contributed by atoms with Gasteiger partial charge in [0.25, 0.3) is 5.88 Å². The first-order valence-electron chi connectivity index (χ1n) is 8.12. The summed E-state index contributed by atoms with van der Waals surface area (Å²) in [7, 11) is 0. The Morgan fingerprint density at radius 1 is 1.09 bits per heavy atom. The zero-order valence-electron chi connectivity index (χ0n) is 13.6. The molecule has 1 aliphatic heterocycles. The number of piperidine rings is 1. The Hall–Kier alpha value is -2.37. The number of anilines is 2. The molecule has 0 amide bonds. The fraction of sp³-hybridized carbons (Fsp3) is 0.471. The molecule has 2 aromatic rings. The molecule has 6 heteroatoms. The third kappa shape index (κ3) is 4.09. The number of nitrogens with one attached hydrogen (secondary N) is 1. The monoisotopic (exact) mass is 313 g/mol. The van der Waals surface area contributed by atoms with E-state index in [9.17, 15) is 0 Å². The van der Waals surface area contributed by atoms with Crippen LogP contribution in [-0.2, 0) is 0 Å². The summed E-state index contributed by atoms with van der Waals surface area (Å²) < 4.78 is 5.72. The summed E-state index contributed by atoms with van der Waals surface area (Å²) in [5, 5.41) is 3.48. The van der Waals surface area contributed by atoms with Gasteiger partial charge in [-0.3, -0.25) is 0 Å². The highest BCUT2D eigenvalue weighted by molar-refractivity contribution is 5.46. The van der Waals surface area contributed by atoms with Gasteiger partial charge in [0.2, 0.25) is 0 Å². The number of pyridine rings is 1. The lowest BCUT2D eigenvalue weighted by atomic mass is 10.1. The normalized spacial score (nSPS) is 15.7. The van der Waals surface area contributed by atoms with Crippen molar-refractivity contribution in [3.63, 3.8) is 0 Å². The predicted molar refractivity (Wildman–Crippen MR) is 90.9 cm³/mol. The summed E-state index contributed by atoms with van der Waals surface area (Å²) in [4.78, 5) is 15.4. The molecule has 0 atom stereocenters. The molecule has 0 spiro atoms. The van der Waals surface area contributed by atoms with Gasteiger partial charge in [-0.15, -0.1) is 0 Å². The summed E-state index contributed by atoms with van der Waals surface area (Å²) in [6.07, 6.45) is 7.35. The summed E-state index contributed by atoms with van der Waals surface area (Å²) in [6.45, 7) is 5.94. The SMILES string of the molecule is CC(C)Oc1nccnc1NC1CCN(c2ccccn2)CC1. The van der Waals surface area contributed by atoms with Crippen LogP contribution in [-0.4, -0.2) is 40.2 Å². The number of ether oxygens (including phenoxy) is 1. The van der Waals surface area contributed by atoms with Gasteiger partial charge in [0.1, 0.15) is 5.82 Å². The second kappa shape index (κ2) is 7.26. The van der Waals surface area contributed by atoms with Crippen molar-refractivity contribution in [1.29, 1.82) is 0 Å². The van der Waals surface area contributed by atoms with E-state index in [1.807, 2.05) is 32.2 Å². The summed E-state index contributed by atoms with van der Waals surface area (Å²) in [5.74, 6) is 2.36. The van der Waals surface area contributed by atoms with Crippen LogP contribution in [0, 0.1) is 0 Å². The number of aromatic nitrogens is 3. The van der Waals surface area contributed by atoms with E-state index in [0.29, 0.717) is 11.9 Å². The second-order valence-corrected chi connectivity index (χ2v) is 5.97. The molecule has 23 heavy (non-hydrogen) atoms. The first kappa shape index (κ1) is 15.5. The average molecular weight is 313 g/mol. The molecule has 0 aromatic carbocycles. The molecule has 1 saturated heterocycles. The van der Waals surface area contributed by atoms with Crippen LogP contribution >= 0.6 is 0 Å². The van der Waals surface area contributed by atoms with Gasteiger partial charge in [-0.1, -0.05) is 6.07 Å². The van der Waals surface area contributed by atoms with Crippen LogP contribution in [0.15, 0.2) is 36.8 Å². The van der Waals surface area contributed by atoms with Crippen molar-refractivity contribution in [1.82, 2.24) is 15.0 Å². The van der Waals surface area contributed by atoms with E-state index in [1.54, 1.807) is 12.4 Å². The second-order valence-electron chi connectivity index (χ2n) is 5.97. The lowest BCUT2D eigenvalue weighted by Gasteiger charge is -2.33. The summed E-state index contributed by atoms with van der Waals surface area (Å²) >= 11 is 0. The number of hydrogen-bond acceptors (Lipinski definition) is 6. The van der Waals surface area contributed by atoms with E-state index in [4.69, 9.17) is 4.74 Å². The minimum Gasteiger partial charge on any atom is -0.472 e. The summed E-state index contributed by atoms with van der Waals surface area (Å²) in [6, 6.07) is 6.41. The minimum absolute atomic E-state index is 0.0817. The molecule has 0 bridgehead atoms. The highest BCUT2D eigenvalue weighted by atomic mass is 16.5. The smallest absolute Gasteiger partial charge is 0.257 e. The van der Waals surface area contributed by atoms with Gasteiger partial charge in [0.05, 0.1) is 6.10 Å². The maximum atomic E-state index is 5.72. The van der Waals surface area contributed by atoms with Crippen molar-refractivity contribution >= 4 is 11.6 Å². The van der Waals surface area contributed by atoms with Crippen LogP contribution in [0.5, 0.6) is 5.88 Å². The van der Waals surface area contributed by atoms with Crippen molar-refractivity contribution in [2.45, 2.75) is 38.8 Å². The number of rotatable bonds is 5. The standard InChI is InChI=1S/C17H23N5O/c1-13(2)23-17-16(19-9-10-20-17)21-14-6-11-22(12-7-14)15-5-3-4-8-18-15/h3-5,8-10,13-14H,6-7,11-12H2,1-2H3,(H,19,21). The molecule has 0 aliphatic carbocycles. The van der Waals surface area contributed by atoms with Gasteiger partial charge >= 0.3 is 0 Å². The van der Waals surface area contributed by atoms with E-state index >= 15 is 0 Å². The van der Waals surface area contributed by atoms with Crippen molar-refractivity contribution in [3.05, 3.63) is 36.8 Å². The molecule has 0 saturated carbocycles. The Balaban J connectivity index is 1.59. The molecule has 1 N–H and O–H groups in total. The molecule has 6 nitrogen and oxygen atoms in total. The van der Waals surface area contributed by atoms with Crippen molar-refractivity contribution < 1.29 is 4.74 Å². The lowest BCUT2D eigenvalue weighted by molar-refractivity contribution is 0.233. The molecule has 1 fully saturated rings. The number of nitrogens with zero attached hydrogens (tertiary/aromatic N) is 4. The zero-order chi connectivity index (χ0) is 16.1.